The van der Waals surface area contributed by atoms with Crippen LogP contribution in [0.15, 0.2) is 59.2 Å². The first-order valence-electron chi connectivity index (χ1n) is 11.5. The minimum atomic E-state index is -0.00680. The van der Waals surface area contributed by atoms with Crippen molar-refractivity contribution >= 4 is 38.9 Å². The van der Waals surface area contributed by atoms with Crippen LogP contribution in [0, 0.1) is 13.8 Å². The predicted octanol–water partition coefficient (Wildman–Crippen LogP) is 6.94. The first-order valence-corrected chi connectivity index (χ1v) is 12.7. The van der Waals surface area contributed by atoms with E-state index in [4.69, 9.17) is 17.2 Å². The van der Waals surface area contributed by atoms with Crippen molar-refractivity contribution in [1.29, 1.82) is 0 Å². The zero-order chi connectivity index (χ0) is 22.2. The summed E-state index contributed by atoms with van der Waals surface area (Å²) in [5, 5.41) is 4.34. The van der Waals surface area contributed by atoms with Gasteiger partial charge in [-0.05, 0) is 86.9 Å². The molecule has 1 N–H and O–H groups in total. The normalized spacial score (nSPS) is 21.7. The molecular formula is C26H29BrN4S. The highest BCUT2D eigenvalue weighted by molar-refractivity contribution is 9.10. The van der Waals surface area contributed by atoms with Gasteiger partial charge in [0, 0.05) is 33.8 Å². The Balaban J connectivity index is 1.62. The minimum absolute atomic E-state index is 0.00680. The average Bonchev–Trinajstić information content (AvgIpc) is 3.31. The molecule has 1 aromatic carbocycles. The maximum atomic E-state index is 5.89. The Kier molecular flexibility index (Phi) is 6.08. The fourth-order valence-corrected chi connectivity index (χ4v) is 6.16. The minimum Gasteiger partial charge on any atom is -0.351 e. The third-order valence-corrected chi connectivity index (χ3v) is 7.83. The van der Waals surface area contributed by atoms with Crippen molar-refractivity contribution < 1.29 is 0 Å². The third-order valence-electron chi connectivity index (χ3n) is 6.98. The maximum absolute atomic E-state index is 5.89. The average molecular weight is 510 g/mol. The molecule has 3 heterocycles. The molecule has 2 atom stereocenters. The first-order chi connectivity index (χ1) is 15.5. The van der Waals surface area contributed by atoms with Gasteiger partial charge in [0.2, 0.25) is 0 Å². The first kappa shape index (κ1) is 21.7. The second-order valence-electron chi connectivity index (χ2n) is 8.96. The number of nitrogens with one attached hydrogen (secondary N) is 1. The molecule has 1 saturated carbocycles. The number of aryl methyl sites for hydroxylation is 1. The SMILES string of the molecule is Cc1cc([C@@H]2[C@@H](c3ccccn3)NC(=S)N2c2ccc(Br)cc2)c(C)n1C1CCCCC1. The van der Waals surface area contributed by atoms with Crippen molar-refractivity contribution in [2.45, 2.75) is 64.1 Å². The van der Waals surface area contributed by atoms with Gasteiger partial charge in [-0.2, -0.15) is 0 Å². The summed E-state index contributed by atoms with van der Waals surface area (Å²) in [4.78, 5) is 6.97. The number of benzene rings is 1. The Hall–Kier alpha value is -2.18. The molecule has 166 valence electrons. The molecule has 6 heteroatoms. The van der Waals surface area contributed by atoms with Crippen molar-refractivity contribution in [3.05, 3.63) is 81.8 Å². The van der Waals surface area contributed by atoms with Gasteiger partial charge in [-0.25, -0.2) is 0 Å². The van der Waals surface area contributed by atoms with Gasteiger partial charge >= 0.3 is 0 Å². The van der Waals surface area contributed by atoms with Gasteiger partial charge in [0.05, 0.1) is 17.8 Å². The van der Waals surface area contributed by atoms with Gasteiger partial charge in [-0.15, -0.1) is 0 Å². The molecule has 5 rings (SSSR count). The maximum Gasteiger partial charge on any atom is 0.174 e. The standard InChI is InChI=1S/C26H29BrN4S/c1-17-16-22(18(2)30(17)20-8-4-3-5-9-20)25-24(23-10-6-7-15-28-23)29-26(32)31(25)21-13-11-19(27)12-14-21/h6-7,10-16,20,24-25H,3-5,8-9H2,1-2H3,(H,29,32)/t24-,25-/m1/s1. The number of thiocarbonyl (C=S) groups is 1. The van der Waals surface area contributed by atoms with Gasteiger partial charge in [-0.3, -0.25) is 4.98 Å². The van der Waals surface area contributed by atoms with E-state index < -0.39 is 0 Å². The molecule has 1 aliphatic heterocycles. The molecule has 2 fully saturated rings. The van der Waals surface area contributed by atoms with Crippen LogP contribution in [0.5, 0.6) is 0 Å². The monoisotopic (exact) mass is 508 g/mol. The topological polar surface area (TPSA) is 33.1 Å². The number of halogens is 1. The summed E-state index contributed by atoms with van der Waals surface area (Å²) >= 11 is 9.45. The second kappa shape index (κ2) is 8.99. The lowest BCUT2D eigenvalue weighted by molar-refractivity contribution is 0.345. The Labute approximate surface area is 204 Å². The van der Waals surface area contributed by atoms with E-state index in [-0.39, 0.29) is 12.1 Å². The van der Waals surface area contributed by atoms with Crippen molar-refractivity contribution in [2.24, 2.45) is 0 Å². The molecule has 4 nitrogen and oxygen atoms in total. The van der Waals surface area contributed by atoms with E-state index >= 15 is 0 Å². The van der Waals surface area contributed by atoms with E-state index in [2.05, 4.69) is 87.0 Å². The molecular weight excluding hydrogens is 480 g/mol. The van der Waals surface area contributed by atoms with E-state index in [0.717, 1.165) is 21.0 Å². The number of hydrogen-bond donors (Lipinski definition) is 1. The van der Waals surface area contributed by atoms with E-state index in [0.29, 0.717) is 6.04 Å². The van der Waals surface area contributed by atoms with Crippen LogP contribution in [-0.4, -0.2) is 14.7 Å². The van der Waals surface area contributed by atoms with Crippen molar-refractivity contribution in [3.8, 4) is 0 Å². The van der Waals surface area contributed by atoms with E-state index in [1.165, 1.54) is 49.1 Å². The van der Waals surface area contributed by atoms with Gasteiger partial charge in [0.15, 0.2) is 5.11 Å². The van der Waals surface area contributed by atoms with Crippen LogP contribution in [0.3, 0.4) is 0 Å². The predicted molar refractivity (Wildman–Crippen MR) is 138 cm³/mol. The van der Waals surface area contributed by atoms with Crippen molar-refractivity contribution in [2.75, 3.05) is 4.90 Å². The largest absolute Gasteiger partial charge is 0.351 e. The highest BCUT2D eigenvalue weighted by Crippen LogP contribution is 2.44. The summed E-state index contributed by atoms with van der Waals surface area (Å²) in [6.45, 7) is 4.54. The summed E-state index contributed by atoms with van der Waals surface area (Å²) < 4.78 is 3.65. The lowest BCUT2D eigenvalue weighted by Gasteiger charge is -2.30. The molecule has 1 saturated heterocycles. The molecule has 32 heavy (non-hydrogen) atoms. The van der Waals surface area contributed by atoms with Crippen LogP contribution < -0.4 is 10.2 Å². The molecule has 0 radical (unpaired) electrons. The molecule has 0 spiro atoms. The number of nitrogens with zero attached hydrogens (tertiary/aromatic N) is 3. The van der Waals surface area contributed by atoms with Crippen molar-refractivity contribution in [3.63, 3.8) is 0 Å². The number of rotatable bonds is 4. The second-order valence-corrected chi connectivity index (χ2v) is 10.3. The molecule has 0 unspecified atom stereocenters. The summed E-state index contributed by atoms with van der Waals surface area (Å²) in [6.07, 6.45) is 8.43. The summed E-state index contributed by atoms with van der Waals surface area (Å²) in [7, 11) is 0. The number of pyridine rings is 1. The van der Waals surface area contributed by atoms with Crippen LogP contribution in [0.4, 0.5) is 5.69 Å². The fraction of sp³-hybridized carbons (Fsp3) is 0.385. The van der Waals surface area contributed by atoms with E-state index in [1.807, 2.05) is 12.3 Å². The molecule has 0 amide bonds. The molecule has 2 aromatic heterocycles. The smallest absolute Gasteiger partial charge is 0.174 e. The highest BCUT2D eigenvalue weighted by Gasteiger charge is 2.42. The zero-order valence-electron chi connectivity index (χ0n) is 18.6. The van der Waals surface area contributed by atoms with Gasteiger partial charge in [0.1, 0.15) is 0 Å². The van der Waals surface area contributed by atoms with Crippen LogP contribution in [0.2, 0.25) is 0 Å². The number of aromatic nitrogens is 2. The zero-order valence-corrected chi connectivity index (χ0v) is 21.0. The van der Waals surface area contributed by atoms with Crippen LogP contribution in [0.1, 0.15) is 72.9 Å². The number of hydrogen-bond acceptors (Lipinski definition) is 2. The van der Waals surface area contributed by atoms with Crippen molar-refractivity contribution in [1.82, 2.24) is 14.9 Å². The van der Waals surface area contributed by atoms with E-state index in [1.54, 1.807) is 0 Å². The van der Waals surface area contributed by atoms with Gasteiger partial charge in [-0.1, -0.05) is 41.3 Å². The molecule has 3 aromatic rings. The quantitative estimate of drug-likeness (QED) is 0.386. The van der Waals surface area contributed by atoms with Crippen LogP contribution >= 0.6 is 28.1 Å². The highest BCUT2D eigenvalue weighted by atomic mass is 79.9. The summed E-state index contributed by atoms with van der Waals surface area (Å²) in [6, 6.07) is 17.6. The Morgan fingerprint density at radius 2 is 1.78 bits per heavy atom. The fourth-order valence-electron chi connectivity index (χ4n) is 5.55. The van der Waals surface area contributed by atoms with Crippen LogP contribution in [-0.2, 0) is 0 Å². The summed E-state index contributed by atoms with van der Waals surface area (Å²) in [5.41, 5.74) is 6.14. The lowest BCUT2D eigenvalue weighted by Crippen LogP contribution is -2.29. The Morgan fingerprint density at radius 1 is 1.03 bits per heavy atom. The Bertz CT molecular complexity index is 1100. The molecule has 2 aliphatic rings. The van der Waals surface area contributed by atoms with Gasteiger partial charge in [0.25, 0.3) is 0 Å². The van der Waals surface area contributed by atoms with E-state index in [9.17, 15) is 0 Å². The molecule has 0 bridgehead atoms. The van der Waals surface area contributed by atoms with Gasteiger partial charge < -0.3 is 14.8 Å². The molecule has 1 aliphatic carbocycles. The Morgan fingerprint density at radius 3 is 2.47 bits per heavy atom. The lowest BCUT2D eigenvalue weighted by atomic mass is 9.94. The summed E-state index contributed by atoms with van der Waals surface area (Å²) in [5.74, 6) is 0. The number of anilines is 1. The third kappa shape index (κ3) is 3.88. The van der Waals surface area contributed by atoms with Crippen LogP contribution in [0.25, 0.3) is 0 Å².